The highest BCUT2D eigenvalue weighted by Gasteiger charge is 2.46. The predicted octanol–water partition coefficient (Wildman–Crippen LogP) is 1.15. The van der Waals surface area contributed by atoms with Crippen LogP contribution in [0.3, 0.4) is 0 Å². The summed E-state index contributed by atoms with van der Waals surface area (Å²) in [5, 5.41) is 13.3. The highest BCUT2D eigenvalue weighted by atomic mass is 16.3. The summed E-state index contributed by atoms with van der Waals surface area (Å²) in [6.07, 6.45) is 2.01. The maximum absolute atomic E-state index is 9.72. The van der Waals surface area contributed by atoms with Crippen molar-refractivity contribution in [3.63, 3.8) is 0 Å². The van der Waals surface area contributed by atoms with Crippen LogP contribution >= 0.6 is 0 Å². The minimum Gasteiger partial charge on any atom is -0.392 e. The van der Waals surface area contributed by atoms with E-state index in [4.69, 9.17) is 0 Å². The van der Waals surface area contributed by atoms with Gasteiger partial charge in [-0.1, -0.05) is 13.8 Å². The summed E-state index contributed by atoms with van der Waals surface area (Å²) in [5.41, 5.74) is 0.0584. The van der Waals surface area contributed by atoms with E-state index in [9.17, 15) is 5.11 Å². The number of hydrogen-bond donors (Lipinski definition) is 2. The van der Waals surface area contributed by atoms with E-state index >= 15 is 0 Å². The van der Waals surface area contributed by atoms with E-state index in [2.05, 4.69) is 42.8 Å². The van der Waals surface area contributed by atoms with Crippen LogP contribution in [0.1, 0.15) is 40.5 Å². The average Bonchev–Trinajstić information content (AvgIpc) is 2.42. The van der Waals surface area contributed by atoms with E-state index in [1.54, 1.807) is 0 Å². The molecular weight excluding hydrogens is 250 g/mol. The Balaban J connectivity index is 1.54. The molecule has 1 saturated heterocycles. The Morgan fingerprint density at radius 3 is 2.35 bits per heavy atom. The molecule has 1 saturated carbocycles. The molecule has 2 atom stereocenters. The number of aliphatic hydroxyl groups is 1. The Kier molecular flexibility index (Phi) is 5.46. The normalized spacial score (nSPS) is 31.5. The fraction of sp³-hybridized carbons (Fsp3) is 1.00. The van der Waals surface area contributed by atoms with Crippen molar-refractivity contribution in [3.05, 3.63) is 0 Å². The van der Waals surface area contributed by atoms with Crippen LogP contribution in [0.2, 0.25) is 0 Å². The van der Waals surface area contributed by atoms with E-state index in [1.807, 2.05) is 0 Å². The van der Waals surface area contributed by atoms with Gasteiger partial charge in [0.05, 0.1) is 6.10 Å². The van der Waals surface area contributed by atoms with Gasteiger partial charge in [-0.15, -0.1) is 0 Å². The molecule has 118 valence electrons. The summed E-state index contributed by atoms with van der Waals surface area (Å²) >= 11 is 0. The van der Waals surface area contributed by atoms with Crippen LogP contribution in [0.25, 0.3) is 0 Å². The third-order valence-electron chi connectivity index (χ3n) is 5.39. The maximum Gasteiger partial charge on any atom is 0.0621 e. The lowest BCUT2D eigenvalue weighted by Crippen LogP contribution is -2.60. The first-order valence-electron chi connectivity index (χ1n) is 8.29. The third kappa shape index (κ3) is 3.73. The molecule has 20 heavy (non-hydrogen) atoms. The van der Waals surface area contributed by atoms with Gasteiger partial charge < -0.3 is 15.3 Å². The number of nitrogens with zero attached hydrogens (tertiary/aromatic N) is 2. The second-order valence-corrected chi connectivity index (χ2v) is 7.40. The zero-order valence-electron chi connectivity index (χ0n) is 13.7. The smallest absolute Gasteiger partial charge is 0.0621 e. The number of hydrogen-bond acceptors (Lipinski definition) is 4. The van der Waals surface area contributed by atoms with Crippen molar-refractivity contribution in [1.82, 2.24) is 15.1 Å². The Morgan fingerprint density at radius 1 is 1.20 bits per heavy atom. The second-order valence-electron chi connectivity index (χ2n) is 7.40. The summed E-state index contributed by atoms with van der Waals surface area (Å²) < 4.78 is 0. The monoisotopic (exact) mass is 283 g/mol. The minimum absolute atomic E-state index is 0.0584. The van der Waals surface area contributed by atoms with Crippen molar-refractivity contribution >= 4 is 0 Å². The topological polar surface area (TPSA) is 38.7 Å². The Bertz CT molecular complexity index is 298. The molecule has 0 aromatic heterocycles. The van der Waals surface area contributed by atoms with Crippen LogP contribution in [0.5, 0.6) is 0 Å². The molecule has 0 spiro atoms. The number of piperazine rings is 1. The van der Waals surface area contributed by atoms with Crippen LogP contribution in [-0.4, -0.2) is 72.4 Å². The van der Waals surface area contributed by atoms with Crippen molar-refractivity contribution in [1.29, 1.82) is 0 Å². The number of nitrogens with one attached hydrogen (secondary N) is 1. The summed E-state index contributed by atoms with van der Waals surface area (Å²) in [5.74, 6) is 0. The van der Waals surface area contributed by atoms with Crippen LogP contribution in [0, 0.1) is 5.41 Å². The lowest BCUT2D eigenvalue weighted by molar-refractivity contribution is -0.0723. The Morgan fingerprint density at radius 2 is 1.85 bits per heavy atom. The summed E-state index contributed by atoms with van der Waals surface area (Å²) in [4.78, 5) is 5.15. The van der Waals surface area contributed by atoms with Gasteiger partial charge in [0.1, 0.15) is 0 Å². The van der Waals surface area contributed by atoms with Crippen LogP contribution in [0.4, 0.5) is 0 Å². The van der Waals surface area contributed by atoms with Crippen molar-refractivity contribution in [2.45, 2.75) is 58.7 Å². The van der Waals surface area contributed by atoms with Gasteiger partial charge in [-0.25, -0.2) is 0 Å². The molecule has 2 N–H and O–H groups in total. The molecule has 4 heteroatoms. The highest BCUT2D eigenvalue weighted by Crippen LogP contribution is 2.40. The Hall–Kier alpha value is -0.160. The van der Waals surface area contributed by atoms with Gasteiger partial charge in [0.2, 0.25) is 0 Å². The van der Waals surface area contributed by atoms with Crippen molar-refractivity contribution < 1.29 is 5.11 Å². The summed E-state index contributed by atoms with van der Waals surface area (Å²) in [6, 6.07) is 1.18. The molecule has 0 aromatic carbocycles. The van der Waals surface area contributed by atoms with E-state index in [0.717, 1.165) is 13.0 Å². The molecule has 0 unspecified atom stereocenters. The van der Waals surface area contributed by atoms with Gasteiger partial charge in [-0.05, 0) is 39.8 Å². The number of rotatable bonds is 6. The molecule has 1 heterocycles. The van der Waals surface area contributed by atoms with Crippen LogP contribution in [-0.2, 0) is 0 Å². The first-order valence-corrected chi connectivity index (χ1v) is 8.29. The van der Waals surface area contributed by atoms with Gasteiger partial charge in [0, 0.05) is 43.7 Å². The highest BCUT2D eigenvalue weighted by molar-refractivity contribution is 5.01. The largest absolute Gasteiger partial charge is 0.392 e. The molecule has 0 amide bonds. The fourth-order valence-corrected chi connectivity index (χ4v) is 3.33. The second kappa shape index (κ2) is 6.73. The zero-order chi connectivity index (χ0) is 14.8. The van der Waals surface area contributed by atoms with Crippen LogP contribution < -0.4 is 5.32 Å². The molecule has 2 fully saturated rings. The van der Waals surface area contributed by atoms with Crippen molar-refractivity contribution in [2.24, 2.45) is 5.41 Å². The third-order valence-corrected chi connectivity index (χ3v) is 5.39. The quantitative estimate of drug-likeness (QED) is 0.717. The molecule has 0 bridgehead atoms. The first kappa shape index (κ1) is 16.2. The maximum atomic E-state index is 9.72. The molecule has 2 aliphatic rings. The van der Waals surface area contributed by atoms with Crippen LogP contribution in [0.15, 0.2) is 0 Å². The van der Waals surface area contributed by atoms with E-state index in [0.29, 0.717) is 12.1 Å². The van der Waals surface area contributed by atoms with Crippen molar-refractivity contribution in [2.75, 3.05) is 39.3 Å². The average molecular weight is 283 g/mol. The molecule has 2 rings (SSSR count). The fourth-order valence-electron chi connectivity index (χ4n) is 3.33. The first-order chi connectivity index (χ1) is 9.41. The minimum atomic E-state index is -0.121. The number of aliphatic hydroxyl groups excluding tert-OH is 1. The predicted molar refractivity (Wildman–Crippen MR) is 84.0 cm³/mol. The molecule has 0 aromatic rings. The molecule has 1 aliphatic carbocycles. The molecule has 0 radical (unpaired) electrons. The summed E-state index contributed by atoms with van der Waals surface area (Å²) in [7, 11) is 0. The zero-order valence-corrected chi connectivity index (χ0v) is 13.7. The van der Waals surface area contributed by atoms with E-state index in [1.165, 1.54) is 39.1 Å². The Labute approximate surface area is 124 Å². The molecule has 1 aliphatic heterocycles. The summed E-state index contributed by atoms with van der Waals surface area (Å²) in [6.45, 7) is 16.0. The SMILES string of the molecule is CC(C)N1CCN(CCCN[C@H]2C[C@H](O)C2(C)C)CC1. The standard InChI is InChI=1S/C16H33N3O/c1-13(2)19-10-8-18(9-11-19)7-5-6-17-14-12-15(20)16(14,3)4/h13-15,17,20H,5-12H2,1-4H3/t14-,15-/m0/s1. The van der Waals surface area contributed by atoms with Gasteiger partial charge in [0.25, 0.3) is 0 Å². The van der Waals surface area contributed by atoms with E-state index in [-0.39, 0.29) is 11.5 Å². The molecule has 4 nitrogen and oxygen atoms in total. The van der Waals surface area contributed by atoms with Gasteiger partial charge in [-0.2, -0.15) is 0 Å². The van der Waals surface area contributed by atoms with Crippen molar-refractivity contribution in [3.8, 4) is 0 Å². The van der Waals surface area contributed by atoms with Gasteiger partial charge in [0.15, 0.2) is 0 Å². The molecular formula is C16H33N3O. The van der Waals surface area contributed by atoms with E-state index < -0.39 is 0 Å². The van der Waals surface area contributed by atoms with Gasteiger partial charge in [-0.3, -0.25) is 4.90 Å². The lowest BCUT2D eigenvalue weighted by Gasteiger charge is -2.49. The lowest BCUT2D eigenvalue weighted by atomic mass is 9.64. The van der Waals surface area contributed by atoms with Gasteiger partial charge >= 0.3 is 0 Å².